The Hall–Kier alpha value is -1.78. The van der Waals surface area contributed by atoms with Gasteiger partial charge in [0.2, 0.25) is 0 Å². The highest BCUT2D eigenvalue weighted by Crippen LogP contribution is 2.47. The van der Waals surface area contributed by atoms with Crippen molar-refractivity contribution >= 4 is 18.6 Å². The smallest absolute Gasteiger partial charge is 0.335 e. The lowest BCUT2D eigenvalue weighted by Gasteiger charge is -2.42. The first kappa shape index (κ1) is 19.0. The number of carboxylic acids is 1. The molecule has 0 spiro atoms. The van der Waals surface area contributed by atoms with Gasteiger partial charge in [0.25, 0.3) is 0 Å². The maximum atomic E-state index is 11.1. The molecule has 1 aliphatic rings. The quantitative estimate of drug-likeness (QED) is 0.534. The third kappa shape index (κ3) is 3.17. The van der Waals surface area contributed by atoms with E-state index in [0.29, 0.717) is 11.1 Å². The van der Waals surface area contributed by atoms with Gasteiger partial charge < -0.3 is 10.2 Å². The lowest BCUT2D eigenvalue weighted by molar-refractivity contribution is 0.0696. The van der Waals surface area contributed by atoms with Crippen LogP contribution >= 0.6 is 12.6 Å². The van der Waals surface area contributed by atoms with Crippen molar-refractivity contribution in [2.24, 2.45) is 0 Å². The number of hydrogen-bond acceptors (Lipinski definition) is 3. The molecule has 0 saturated carbocycles. The summed E-state index contributed by atoms with van der Waals surface area (Å²) in [6.45, 7) is 9.00. The van der Waals surface area contributed by atoms with E-state index in [-0.39, 0.29) is 16.4 Å². The minimum absolute atomic E-state index is 0.0396. The van der Waals surface area contributed by atoms with E-state index in [1.165, 1.54) is 23.3 Å². The Bertz CT molecular complexity index is 848. The fourth-order valence-electron chi connectivity index (χ4n) is 3.82. The fourth-order valence-corrected chi connectivity index (χ4v) is 4.11. The van der Waals surface area contributed by atoms with Crippen molar-refractivity contribution < 1.29 is 15.0 Å². The molecule has 0 bridgehead atoms. The van der Waals surface area contributed by atoms with Crippen molar-refractivity contribution in [2.45, 2.75) is 56.3 Å². The SMILES string of the molecule is CC1(C)CCC(C)(C)c2cc(C(O)(S)c3ccc(C(=O)O)cc3)ccc21. The number of aliphatic hydroxyl groups is 1. The normalized spacial score (nSPS) is 20.1. The van der Waals surface area contributed by atoms with Crippen LogP contribution in [-0.2, 0) is 15.8 Å². The number of carboxylic acid groups (broad SMARTS) is 1. The molecule has 26 heavy (non-hydrogen) atoms. The van der Waals surface area contributed by atoms with Crippen LogP contribution in [0.5, 0.6) is 0 Å². The predicted molar refractivity (Wildman–Crippen MR) is 107 cm³/mol. The number of hydrogen-bond donors (Lipinski definition) is 3. The molecule has 3 rings (SSSR count). The second-order valence-electron chi connectivity index (χ2n) is 8.58. The monoisotopic (exact) mass is 370 g/mol. The molecule has 0 heterocycles. The van der Waals surface area contributed by atoms with Crippen LogP contribution in [0.1, 0.15) is 73.1 Å². The van der Waals surface area contributed by atoms with E-state index in [1.54, 1.807) is 12.1 Å². The molecule has 138 valence electrons. The Balaban J connectivity index is 2.08. The van der Waals surface area contributed by atoms with E-state index in [2.05, 4.69) is 52.5 Å². The number of benzene rings is 2. The van der Waals surface area contributed by atoms with Gasteiger partial charge >= 0.3 is 5.97 Å². The Morgan fingerprint density at radius 1 is 0.923 bits per heavy atom. The van der Waals surface area contributed by atoms with Crippen LogP contribution in [0.25, 0.3) is 0 Å². The maximum absolute atomic E-state index is 11.1. The molecular formula is C22H26O3S. The zero-order chi connectivity index (χ0) is 19.3. The summed E-state index contributed by atoms with van der Waals surface area (Å²) in [6, 6.07) is 12.3. The molecule has 0 amide bonds. The molecule has 0 aromatic heterocycles. The van der Waals surface area contributed by atoms with Crippen molar-refractivity contribution in [1.82, 2.24) is 0 Å². The maximum Gasteiger partial charge on any atom is 0.335 e. The van der Waals surface area contributed by atoms with Crippen LogP contribution < -0.4 is 0 Å². The van der Waals surface area contributed by atoms with Crippen LogP contribution in [0.15, 0.2) is 42.5 Å². The van der Waals surface area contributed by atoms with E-state index < -0.39 is 10.9 Å². The topological polar surface area (TPSA) is 57.5 Å². The Kier molecular flexibility index (Phi) is 4.48. The minimum Gasteiger partial charge on any atom is -0.478 e. The van der Waals surface area contributed by atoms with Gasteiger partial charge in [0.1, 0.15) is 0 Å². The van der Waals surface area contributed by atoms with E-state index in [4.69, 9.17) is 5.11 Å². The van der Waals surface area contributed by atoms with Crippen molar-refractivity contribution in [3.8, 4) is 0 Å². The molecule has 0 radical (unpaired) electrons. The number of carbonyl (C=O) groups is 1. The highest BCUT2D eigenvalue weighted by atomic mass is 32.1. The van der Waals surface area contributed by atoms with Crippen LogP contribution in [0, 0.1) is 0 Å². The Morgan fingerprint density at radius 3 is 1.96 bits per heavy atom. The molecule has 2 aromatic carbocycles. The molecule has 1 aliphatic carbocycles. The summed E-state index contributed by atoms with van der Waals surface area (Å²) in [5.41, 5.74) is 4.17. The molecule has 3 nitrogen and oxygen atoms in total. The third-order valence-electron chi connectivity index (χ3n) is 5.79. The molecule has 0 saturated heterocycles. The zero-order valence-electron chi connectivity index (χ0n) is 15.7. The van der Waals surface area contributed by atoms with Crippen molar-refractivity contribution in [3.63, 3.8) is 0 Å². The Morgan fingerprint density at radius 2 is 1.42 bits per heavy atom. The second kappa shape index (κ2) is 6.14. The molecule has 2 N–H and O–H groups in total. The van der Waals surface area contributed by atoms with Crippen LogP contribution in [0.3, 0.4) is 0 Å². The summed E-state index contributed by atoms with van der Waals surface area (Å²) in [6.07, 6.45) is 2.23. The molecule has 2 aromatic rings. The summed E-state index contributed by atoms with van der Waals surface area (Å²) < 4.78 is 0. The second-order valence-corrected chi connectivity index (χ2v) is 9.23. The number of thiol groups is 1. The summed E-state index contributed by atoms with van der Waals surface area (Å²) in [4.78, 5) is 9.56. The van der Waals surface area contributed by atoms with Crippen LogP contribution in [0.4, 0.5) is 0 Å². The van der Waals surface area contributed by atoms with Gasteiger partial charge in [-0.2, -0.15) is 0 Å². The fraction of sp³-hybridized carbons (Fsp3) is 0.409. The van der Waals surface area contributed by atoms with Gasteiger partial charge in [0, 0.05) is 0 Å². The first-order valence-corrected chi connectivity index (χ1v) is 9.34. The third-order valence-corrected chi connectivity index (χ3v) is 6.31. The average molecular weight is 371 g/mol. The van der Waals surface area contributed by atoms with Gasteiger partial charge in [-0.3, -0.25) is 0 Å². The minimum atomic E-state index is -1.48. The van der Waals surface area contributed by atoms with Gasteiger partial charge in [0.15, 0.2) is 4.93 Å². The zero-order valence-corrected chi connectivity index (χ0v) is 16.6. The van der Waals surface area contributed by atoms with Crippen LogP contribution in [-0.4, -0.2) is 16.2 Å². The van der Waals surface area contributed by atoms with E-state index >= 15 is 0 Å². The number of fused-ring (bicyclic) bond motifs is 1. The first-order chi connectivity index (χ1) is 11.9. The van der Waals surface area contributed by atoms with Crippen molar-refractivity contribution in [1.29, 1.82) is 0 Å². The largest absolute Gasteiger partial charge is 0.478 e. The van der Waals surface area contributed by atoms with Crippen molar-refractivity contribution in [2.75, 3.05) is 0 Å². The van der Waals surface area contributed by atoms with Crippen LogP contribution in [0.2, 0.25) is 0 Å². The molecule has 1 atom stereocenters. The summed E-state index contributed by atoms with van der Waals surface area (Å²) >= 11 is 4.53. The Labute approximate surface area is 160 Å². The highest BCUT2D eigenvalue weighted by molar-refractivity contribution is 7.81. The number of rotatable bonds is 3. The number of aromatic carboxylic acids is 1. The standard InChI is InChI=1S/C22H26O3S/c1-20(2)11-12-21(3,4)18-13-16(9-10-17(18)20)22(25,26)15-7-5-14(6-8-15)19(23)24/h5-10,13,25-26H,11-12H2,1-4H3,(H,23,24). The highest BCUT2D eigenvalue weighted by Gasteiger charge is 2.38. The lowest BCUT2D eigenvalue weighted by Crippen LogP contribution is -2.34. The van der Waals surface area contributed by atoms with Gasteiger partial charge in [-0.15, -0.1) is 12.6 Å². The summed E-state index contributed by atoms with van der Waals surface area (Å²) in [7, 11) is 0. The van der Waals surface area contributed by atoms with E-state index in [0.717, 1.165) is 12.8 Å². The van der Waals surface area contributed by atoms with E-state index in [9.17, 15) is 9.90 Å². The molecular weight excluding hydrogens is 344 g/mol. The summed E-state index contributed by atoms with van der Waals surface area (Å²) in [5.74, 6) is -0.989. The molecule has 0 fully saturated rings. The lowest BCUT2D eigenvalue weighted by atomic mass is 9.63. The van der Waals surface area contributed by atoms with Gasteiger partial charge in [-0.1, -0.05) is 58.0 Å². The first-order valence-electron chi connectivity index (χ1n) is 8.89. The molecule has 1 unspecified atom stereocenters. The van der Waals surface area contributed by atoms with Gasteiger partial charge in [-0.05, 0) is 58.1 Å². The van der Waals surface area contributed by atoms with Gasteiger partial charge in [0.05, 0.1) is 5.56 Å². The molecule has 0 aliphatic heterocycles. The van der Waals surface area contributed by atoms with Crippen molar-refractivity contribution in [3.05, 3.63) is 70.3 Å². The summed E-state index contributed by atoms with van der Waals surface area (Å²) in [5, 5.41) is 20.2. The molecule has 4 heteroatoms. The van der Waals surface area contributed by atoms with E-state index in [1.807, 2.05) is 6.07 Å². The average Bonchev–Trinajstić information content (AvgIpc) is 2.59. The predicted octanol–water partition coefficient (Wildman–Crippen LogP) is 4.86. The van der Waals surface area contributed by atoms with Gasteiger partial charge in [-0.25, -0.2) is 4.79 Å².